The van der Waals surface area contributed by atoms with Crippen LogP contribution >= 0.6 is 0 Å². The summed E-state index contributed by atoms with van der Waals surface area (Å²) in [5.74, 6) is -0.309. The molecule has 1 aliphatic carbocycles. The average Bonchev–Trinajstić information content (AvgIpc) is 3.01. The first-order valence-electron chi connectivity index (χ1n) is 11.2. The number of imide groups is 1. The molecule has 8 heteroatoms. The Bertz CT molecular complexity index is 901. The second-order valence-corrected chi connectivity index (χ2v) is 9.06. The van der Waals surface area contributed by atoms with Gasteiger partial charge in [-0.25, -0.2) is 4.79 Å². The number of quaternary nitrogens is 1. The van der Waals surface area contributed by atoms with E-state index in [-0.39, 0.29) is 24.3 Å². The number of benzene rings is 1. The van der Waals surface area contributed by atoms with Gasteiger partial charge in [0, 0.05) is 5.56 Å². The Hall–Kier alpha value is -2.92. The van der Waals surface area contributed by atoms with Gasteiger partial charge in [-0.15, -0.1) is 0 Å². The summed E-state index contributed by atoms with van der Waals surface area (Å²) in [5, 5.41) is 11.8. The Balaban J connectivity index is 1.30. The van der Waals surface area contributed by atoms with Gasteiger partial charge >= 0.3 is 6.03 Å². The van der Waals surface area contributed by atoms with Crippen LogP contribution in [0.5, 0.6) is 0 Å². The Kier molecular flexibility index (Phi) is 5.96. The lowest BCUT2D eigenvalue weighted by atomic mass is 9.73. The van der Waals surface area contributed by atoms with E-state index in [1.54, 1.807) is 4.90 Å². The second kappa shape index (κ2) is 8.67. The van der Waals surface area contributed by atoms with Crippen LogP contribution in [-0.2, 0) is 16.1 Å². The molecular formula is C23H30N5O3+. The molecule has 8 nitrogen and oxygen atoms in total. The number of urea groups is 1. The highest BCUT2D eigenvalue weighted by molar-refractivity contribution is 6.09. The van der Waals surface area contributed by atoms with Crippen molar-refractivity contribution in [2.75, 3.05) is 32.7 Å². The van der Waals surface area contributed by atoms with Crippen LogP contribution in [0.15, 0.2) is 24.3 Å². The van der Waals surface area contributed by atoms with E-state index in [2.05, 4.69) is 11.4 Å². The lowest BCUT2D eigenvalue weighted by Gasteiger charge is -2.37. The Labute approximate surface area is 182 Å². The lowest BCUT2D eigenvalue weighted by molar-refractivity contribution is -0.917. The standard InChI is InChI=1S/C23H29N5O3/c1-17-4-2-3-9-23(17)21(30)28(22(31)25-23)16-20(29)27-12-10-26(11-13-27)15-19-7-5-18(14-24)6-8-19/h5-8,17H,2-4,9-13,15-16H2,1H3,(H,25,31)/p+1/t17-,23-/m0/s1. The van der Waals surface area contributed by atoms with Crippen molar-refractivity contribution in [3.05, 3.63) is 35.4 Å². The van der Waals surface area contributed by atoms with Crippen molar-refractivity contribution in [1.29, 1.82) is 5.26 Å². The van der Waals surface area contributed by atoms with E-state index in [9.17, 15) is 14.4 Å². The molecule has 1 aromatic rings. The van der Waals surface area contributed by atoms with Crippen LogP contribution in [0.2, 0.25) is 0 Å². The van der Waals surface area contributed by atoms with Crippen LogP contribution in [0.25, 0.3) is 0 Å². The highest BCUT2D eigenvalue weighted by Crippen LogP contribution is 2.38. The number of hydrogen-bond donors (Lipinski definition) is 2. The maximum atomic E-state index is 13.1. The van der Waals surface area contributed by atoms with E-state index in [0.717, 1.165) is 43.8 Å². The van der Waals surface area contributed by atoms with Crippen molar-refractivity contribution < 1.29 is 19.3 Å². The molecule has 0 radical (unpaired) electrons. The maximum absolute atomic E-state index is 13.1. The third-order valence-corrected chi connectivity index (χ3v) is 7.16. The molecule has 4 rings (SSSR count). The van der Waals surface area contributed by atoms with E-state index in [1.807, 2.05) is 31.2 Å². The molecule has 1 aromatic carbocycles. The highest BCUT2D eigenvalue weighted by Gasteiger charge is 2.55. The zero-order valence-electron chi connectivity index (χ0n) is 18.0. The van der Waals surface area contributed by atoms with Gasteiger partial charge in [0.15, 0.2) is 0 Å². The van der Waals surface area contributed by atoms with Crippen molar-refractivity contribution in [2.24, 2.45) is 5.92 Å². The average molecular weight is 425 g/mol. The molecule has 2 saturated heterocycles. The first-order chi connectivity index (χ1) is 14.9. The minimum Gasteiger partial charge on any atom is -0.330 e. The number of nitrogens with zero attached hydrogens (tertiary/aromatic N) is 3. The molecule has 1 saturated carbocycles. The molecule has 0 unspecified atom stereocenters. The minimum atomic E-state index is -0.820. The first kappa shape index (κ1) is 21.3. The number of nitriles is 1. The van der Waals surface area contributed by atoms with Gasteiger partial charge < -0.3 is 15.1 Å². The van der Waals surface area contributed by atoms with Gasteiger partial charge in [-0.3, -0.25) is 14.5 Å². The van der Waals surface area contributed by atoms with Crippen LogP contribution in [0.1, 0.15) is 43.7 Å². The number of piperazine rings is 1. The Morgan fingerprint density at radius 3 is 2.58 bits per heavy atom. The predicted octanol–water partition coefficient (Wildman–Crippen LogP) is 0.286. The third kappa shape index (κ3) is 4.15. The van der Waals surface area contributed by atoms with E-state index >= 15 is 0 Å². The molecule has 2 heterocycles. The van der Waals surface area contributed by atoms with E-state index in [1.165, 1.54) is 10.5 Å². The minimum absolute atomic E-state index is 0.0900. The summed E-state index contributed by atoms with van der Waals surface area (Å²) in [6, 6.07) is 9.29. The third-order valence-electron chi connectivity index (χ3n) is 7.16. The molecule has 0 aromatic heterocycles. The number of rotatable bonds is 4. The Morgan fingerprint density at radius 2 is 1.94 bits per heavy atom. The van der Waals surface area contributed by atoms with E-state index in [4.69, 9.17) is 5.26 Å². The van der Waals surface area contributed by atoms with Crippen molar-refractivity contribution in [3.8, 4) is 6.07 Å². The molecule has 4 amide bonds. The smallest absolute Gasteiger partial charge is 0.325 e. The zero-order valence-corrected chi connectivity index (χ0v) is 18.0. The monoisotopic (exact) mass is 424 g/mol. The first-order valence-corrected chi connectivity index (χ1v) is 11.2. The fourth-order valence-electron chi connectivity index (χ4n) is 5.11. The van der Waals surface area contributed by atoms with Crippen LogP contribution in [0, 0.1) is 17.2 Å². The summed E-state index contributed by atoms with van der Waals surface area (Å²) >= 11 is 0. The summed E-state index contributed by atoms with van der Waals surface area (Å²) in [5.41, 5.74) is 0.999. The Morgan fingerprint density at radius 1 is 1.23 bits per heavy atom. The second-order valence-electron chi connectivity index (χ2n) is 9.06. The van der Waals surface area contributed by atoms with Gasteiger partial charge in [0.1, 0.15) is 18.6 Å². The van der Waals surface area contributed by atoms with Crippen LogP contribution < -0.4 is 10.2 Å². The summed E-state index contributed by atoms with van der Waals surface area (Å²) in [7, 11) is 0. The van der Waals surface area contributed by atoms with Crippen molar-refractivity contribution in [3.63, 3.8) is 0 Å². The number of carbonyl (C=O) groups excluding carboxylic acids is 3. The van der Waals surface area contributed by atoms with Crippen LogP contribution in [0.3, 0.4) is 0 Å². The fourth-order valence-corrected chi connectivity index (χ4v) is 5.11. The predicted molar refractivity (Wildman–Crippen MR) is 113 cm³/mol. The molecule has 1 spiro atoms. The van der Waals surface area contributed by atoms with Crippen molar-refractivity contribution in [1.82, 2.24) is 15.1 Å². The molecule has 0 bridgehead atoms. The van der Waals surface area contributed by atoms with Gasteiger partial charge in [-0.05, 0) is 30.9 Å². The highest BCUT2D eigenvalue weighted by atomic mass is 16.2. The van der Waals surface area contributed by atoms with Crippen molar-refractivity contribution in [2.45, 2.75) is 44.7 Å². The summed E-state index contributed by atoms with van der Waals surface area (Å²) in [6.45, 7) is 5.52. The molecule has 2 N–H and O–H groups in total. The number of amides is 4. The molecule has 2 aliphatic heterocycles. The molecular weight excluding hydrogens is 394 g/mol. The summed E-state index contributed by atoms with van der Waals surface area (Å²) < 4.78 is 0. The molecule has 2 atom stereocenters. The van der Waals surface area contributed by atoms with E-state index < -0.39 is 11.6 Å². The van der Waals surface area contributed by atoms with Crippen molar-refractivity contribution >= 4 is 17.8 Å². The SMILES string of the molecule is C[C@H]1CCCC[C@]12NC(=O)N(CC(=O)N1CC[NH+](Cc3ccc(C#N)cc3)CC1)C2=O. The van der Waals surface area contributed by atoms with Gasteiger partial charge in [-0.2, -0.15) is 5.26 Å². The van der Waals surface area contributed by atoms with Crippen LogP contribution in [0.4, 0.5) is 4.79 Å². The molecule has 3 fully saturated rings. The molecule has 31 heavy (non-hydrogen) atoms. The maximum Gasteiger partial charge on any atom is 0.325 e. The fraction of sp³-hybridized carbons (Fsp3) is 0.565. The topological polar surface area (TPSA) is 97.9 Å². The van der Waals surface area contributed by atoms with Gasteiger partial charge in [0.25, 0.3) is 5.91 Å². The van der Waals surface area contributed by atoms with Gasteiger partial charge in [-0.1, -0.05) is 31.9 Å². The van der Waals surface area contributed by atoms with E-state index in [0.29, 0.717) is 25.1 Å². The van der Waals surface area contributed by atoms with Crippen LogP contribution in [-0.4, -0.2) is 65.9 Å². The summed E-state index contributed by atoms with van der Waals surface area (Å²) in [6.07, 6.45) is 3.56. The normalized spacial score (nSPS) is 26.8. The summed E-state index contributed by atoms with van der Waals surface area (Å²) in [4.78, 5) is 42.7. The lowest BCUT2D eigenvalue weighted by Crippen LogP contribution is -3.13. The zero-order chi connectivity index (χ0) is 22.0. The molecule has 164 valence electrons. The van der Waals surface area contributed by atoms with Gasteiger partial charge in [0.05, 0.1) is 37.8 Å². The molecule has 3 aliphatic rings. The number of carbonyl (C=O) groups is 3. The largest absolute Gasteiger partial charge is 0.330 e. The quantitative estimate of drug-likeness (QED) is 0.679. The van der Waals surface area contributed by atoms with Gasteiger partial charge in [0.2, 0.25) is 5.91 Å². The number of nitrogens with one attached hydrogen (secondary N) is 2. The number of hydrogen-bond acceptors (Lipinski definition) is 4.